The lowest BCUT2D eigenvalue weighted by Gasteiger charge is -2.28. The van der Waals surface area contributed by atoms with Crippen molar-refractivity contribution < 1.29 is 4.79 Å². The minimum Gasteiger partial charge on any atom is -0.333 e. The summed E-state index contributed by atoms with van der Waals surface area (Å²) in [5, 5.41) is 2.98. The number of thiazole rings is 1. The summed E-state index contributed by atoms with van der Waals surface area (Å²) in [6.07, 6.45) is 0.928. The summed E-state index contributed by atoms with van der Waals surface area (Å²) < 4.78 is 0. The molecule has 3 nitrogen and oxygen atoms in total. The van der Waals surface area contributed by atoms with Gasteiger partial charge in [-0.1, -0.05) is 30.3 Å². The van der Waals surface area contributed by atoms with Gasteiger partial charge in [-0.15, -0.1) is 22.7 Å². The van der Waals surface area contributed by atoms with E-state index in [0.717, 1.165) is 33.4 Å². The van der Waals surface area contributed by atoms with Crippen molar-refractivity contribution in [1.29, 1.82) is 0 Å². The van der Waals surface area contributed by atoms with Crippen molar-refractivity contribution in [3.63, 3.8) is 0 Å². The topological polar surface area (TPSA) is 33.2 Å². The second-order valence-corrected chi connectivity index (χ2v) is 7.60. The van der Waals surface area contributed by atoms with E-state index in [2.05, 4.69) is 23.2 Å². The number of thiophene rings is 1. The number of carbonyl (C=O) groups is 1. The second-order valence-electron chi connectivity index (χ2n) is 5.66. The molecule has 116 valence electrons. The van der Waals surface area contributed by atoms with E-state index in [1.54, 1.807) is 11.3 Å². The first-order valence-electron chi connectivity index (χ1n) is 7.60. The summed E-state index contributed by atoms with van der Waals surface area (Å²) >= 11 is 3.17. The number of rotatable bonds is 2. The molecule has 3 aromatic rings. The Morgan fingerprint density at radius 1 is 1.17 bits per heavy atom. The molecule has 0 aliphatic carbocycles. The molecule has 4 rings (SSSR count). The van der Waals surface area contributed by atoms with Gasteiger partial charge >= 0.3 is 0 Å². The van der Waals surface area contributed by atoms with Crippen molar-refractivity contribution >= 4 is 28.6 Å². The molecule has 1 aromatic carbocycles. The van der Waals surface area contributed by atoms with Crippen LogP contribution in [-0.4, -0.2) is 22.3 Å². The fourth-order valence-electron chi connectivity index (χ4n) is 2.91. The van der Waals surface area contributed by atoms with Crippen molar-refractivity contribution in [3.05, 3.63) is 63.5 Å². The highest BCUT2D eigenvalue weighted by molar-refractivity contribution is 7.22. The summed E-state index contributed by atoms with van der Waals surface area (Å²) in [7, 11) is 0. The molecule has 1 amide bonds. The van der Waals surface area contributed by atoms with E-state index in [0.29, 0.717) is 6.54 Å². The van der Waals surface area contributed by atoms with E-state index in [9.17, 15) is 4.79 Å². The highest BCUT2D eigenvalue weighted by atomic mass is 32.1. The molecule has 1 aliphatic rings. The van der Waals surface area contributed by atoms with Gasteiger partial charge < -0.3 is 4.90 Å². The van der Waals surface area contributed by atoms with Gasteiger partial charge in [-0.3, -0.25) is 4.79 Å². The monoisotopic (exact) mass is 340 g/mol. The SMILES string of the molecule is Cc1nc(-c2cccs2)sc1C(=O)N1CCc2ccccc2C1. The van der Waals surface area contributed by atoms with Gasteiger partial charge in [0.05, 0.1) is 10.6 Å². The van der Waals surface area contributed by atoms with Crippen molar-refractivity contribution in [2.45, 2.75) is 19.9 Å². The fourth-order valence-corrected chi connectivity index (χ4v) is 4.74. The van der Waals surface area contributed by atoms with Gasteiger partial charge in [-0.05, 0) is 35.9 Å². The largest absolute Gasteiger partial charge is 0.333 e. The van der Waals surface area contributed by atoms with E-state index in [4.69, 9.17) is 0 Å². The standard InChI is InChI=1S/C18H16N2OS2/c1-12-16(23-17(19-12)15-7-4-10-22-15)18(21)20-9-8-13-5-2-3-6-14(13)11-20/h2-7,10H,8-9,11H2,1H3. The van der Waals surface area contributed by atoms with Crippen LogP contribution in [0.3, 0.4) is 0 Å². The van der Waals surface area contributed by atoms with E-state index < -0.39 is 0 Å². The quantitative estimate of drug-likeness (QED) is 0.694. The second kappa shape index (κ2) is 5.91. The predicted octanol–water partition coefficient (Wildman–Crippen LogP) is 4.38. The summed E-state index contributed by atoms with van der Waals surface area (Å²) in [6, 6.07) is 12.4. The molecule has 0 N–H and O–H groups in total. The van der Waals surface area contributed by atoms with Crippen LogP contribution >= 0.6 is 22.7 Å². The number of carbonyl (C=O) groups excluding carboxylic acids is 1. The summed E-state index contributed by atoms with van der Waals surface area (Å²) in [5.74, 6) is 0.109. The van der Waals surface area contributed by atoms with Crippen LogP contribution in [0, 0.1) is 6.92 Å². The van der Waals surface area contributed by atoms with Gasteiger partial charge in [0.2, 0.25) is 0 Å². The van der Waals surface area contributed by atoms with Gasteiger partial charge in [0.25, 0.3) is 5.91 Å². The van der Waals surface area contributed by atoms with Gasteiger partial charge in [0.15, 0.2) is 0 Å². The maximum Gasteiger partial charge on any atom is 0.266 e. The number of aromatic nitrogens is 1. The molecule has 0 saturated heterocycles. The molecule has 0 atom stereocenters. The molecule has 0 fully saturated rings. The molecule has 0 radical (unpaired) electrons. The zero-order chi connectivity index (χ0) is 15.8. The Hall–Kier alpha value is -1.98. The zero-order valence-corrected chi connectivity index (χ0v) is 14.4. The lowest BCUT2D eigenvalue weighted by atomic mass is 10.00. The molecule has 1 aliphatic heterocycles. The molecule has 0 spiro atoms. The van der Waals surface area contributed by atoms with Crippen LogP contribution in [0.25, 0.3) is 9.88 Å². The molecule has 2 aromatic heterocycles. The Balaban J connectivity index is 1.61. The normalized spacial score (nSPS) is 13.9. The summed E-state index contributed by atoms with van der Waals surface area (Å²) in [5.41, 5.74) is 3.45. The van der Waals surface area contributed by atoms with Crippen LogP contribution in [0.5, 0.6) is 0 Å². The number of nitrogens with zero attached hydrogens (tertiary/aromatic N) is 2. The first kappa shape index (κ1) is 14.6. The predicted molar refractivity (Wildman–Crippen MR) is 95.1 cm³/mol. The van der Waals surface area contributed by atoms with Gasteiger partial charge in [0.1, 0.15) is 9.88 Å². The molecular weight excluding hydrogens is 324 g/mol. The number of aryl methyl sites for hydroxylation is 1. The Labute approximate surface area is 143 Å². The maximum absolute atomic E-state index is 12.9. The Morgan fingerprint density at radius 3 is 2.78 bits per heavy atom. The average Bonchev–Trinajstić information content (AvgIpc) is 3.23. The molecule has 0 saturated carbocycles. The zero-order valence-electron chi connectivity index (χ0n) is 12.8. The van der Waals surface area contributed by atoms with Crippen LogP contribution < -0.4 is 0 Å². The number of fused-ring (bicyclic) bond motifs is 1. The highest BCUT2D eigenvalue weighted by Crippen LogP contribution is 2.32. The number of benzene rings is 1. The summed E-state index contributed by atoms with van der Waals surface area (Å²) in [6.45, 7) is 3.40. The van der Waals surface area contributed by atoms with Gasteiger partial charge in [-0.25, -0.2) is 4.98 Å². The fraction of sp³-hybridized carbons (Fsp3) is 0.222. The van der Waals surface area contributed by atoms with E-state index in [1.165, 1.54) is 22.5 Å². The minimum absolute atomic E-state index is 0.109. The average molecular weight is 340 g/mol. The van der Waals surface area contributed by atoms with Gasteiger partial charge in [-0.2, -0.15) is 0 Å². The van der Waals surface area contributed by atoms with Crippen LogP contribution in [0.4, 0.5) is 0 Å². The lowest BCUT2D eigenvalue weighted by molar-refractivity contribution is 0.0738. The maximum atomic E-state index is 12.9. The third kappa shape index (κ3) is 2.71. The summed E-state index contributed by atoms with van der Waals surface area (Å²) in [4.78, 5) is 21.4. The first-order chi connectivity index (χ1) is 11.2. The van der Waals surface area contributed by atoms with Crippen LogP contribution in [0.15, 0.2) is 41.8 Å². The van der Waals surface area contributed by atoms with Crippen molar-refractivity contribution in [1.82, 2.24) is 9.88 Å². The lowest BCUT2D eigenvalue weighted by Crippen LogP contribution is -2.35. The Kier molecular flexibility index (Phi) is 3.75. The van der Waals surface area contributed by atoms with Crippen LogP contribution in [-0.2, 0) is 13.0 Å². The third-order valence-corrected chi connectivity index (χ3v) is 6.33. The van der Waals surface area contributed by atoms with Gasteiger partial charge in [0, 0.05) is 13.1 Å². The smallest absolute Gasteiger partial charge is 0.266 e. The van der Waals surface area contributed by atoms with E-state index in [1.807, 2.05) is 35.4 Å². The van der Waals surface area contributed by atoms with Crippen LogP contribution in [0.1, 0.15) is 26.5 Å². The first-order valence-corrected chi connectivity index (χ1v) is 9.29. The number of amides is 1. The Morgan fingerprint density at radius 2 is 2.00 bits per heavy atom. The van der Waals surface area contributed by atoms with E-state index >= 15 is 0 Å². The van der Waals surface area contributed by atoms with Crippen LogP contribution in [0.2, 0.25) is 0 Å². The molecule has 23 heavy (non-hydrogen) atoms. The van der Waals surface area contributed by atoms with Crippen molar-refractivity contribution in [2.75, 3.05) is 6.54 Å². The highest BCUT2D eigenvalue weighted by Gasteiger charge is 2.25. The minimum atomic E-state index is 0.109. The van der Waals surface area contributed by atoms with Crippen molar-refractivity contribution in [3.8, 4) is 9.88 Å². The molecule has 0 bridgehead atoms. The molecule has 3 heterocycles. The molecule has 5 heteroatoms. The number of hydrogen-bond acceptors (Lipinski definition) is 4. The van der Waals surface area contributed by atoms with E-state index in [-0.39, 0.29) is 5.91 Å². The molecule has 0 unspecified atom stereocenters. The number of hydrogen-bond donors (Lipinski definition) is 0. The Bertz CT molecular complexity index is 852. The third-order valence-electron chi connectivity index (χ3n) is 4.14. The molecular formula is C18H16N2OS2. The van der Waals surface area contributed by atoms with Crippen molar-refractivity contribution in [2.24, 2.45) is 0 Å².